The predicted octanol–water partition coefficient (Wildman–Crippen LogP) is 2.51. The maximum Gasteiger partial charge on any atom is 0.251 e. The maximum atomic E-state index is 12.5. The number of carbonyl (C=O) groups excluding carboxylic acids is 1. The Balaban J connectivity index is 1.52. The van der Waals surface area contributed by atoms with Crippen LogP contribution in [0.3, 0.4) is 0 Å². The van der Waals surface area contributed by atoms with Crippen molar-refractivity contribution in [3.05, 3.63) is 29.3 Å². The van der Waals surface area contributed by atoms with Crippen molar-refractivity contribution in [3.8, 4) is 0 Å². The third-order valence-corrected chi connectivity index (χ3v) is 4.93. The highest BCUT2D eigenvalue weighted by Crippen LogP contribution is 2.25. The summed E-state index contributed by atoms with van der Waals surface area (Å²) in [4.78, 5) is 14.9. The molecule has 0 saturated carbocycles. The lowest BCUT2D eigenvalue weighted by Gasteiger charge is -2.30. The van der Waals surface area contributed by atoms with Gasteiger partial charge in [-0.2, -0.15) is 0 Å². The van der Waals surface area contributed by atoms with Gasteiger partial charge >= 0.3 is 0 Å². The Morgan fingerprint density at radius 3 is 3.00 bits per heavy atom. The van der Waals surface area contributed by atoms with E-state index in [9.17, 15) is 4.79 Å². The van der Waals surface area contributed by atoms with Crippen LogP contribution in [0.25, 0.3) is 0 Å². The number of hydrogen-bond acceptors (Lipinski definition) is 3. The van der Waals surface area contributed by atoms with Gasteiger partial charge in [-0.15, -0.1) is 0 Å². The SMILES string of the molecule is CC1CCN(CCNC(=O)c2cccc3c2CCCN3)CC1. The van der Waals surface area contributed by atoms with Crippen molar-refractivity contribution in [1.82, 2.24) is 10.2 Å². The number of piperidine rings is 1. The summed E-state index contributed by atoms with van der Waals surface area (Å²) in [6.07, 6.45) is 4.66. The van der Waals surface area contributed by atoms with Crippen LogP contribution in [0.1, 0.15) is 42.1 Å². The van der Waals surface area contributed by atoms with Crippen LogP contribution in [0.2, 0.25) is 0 Å². The van der Waals surface area contributed by atoms with Gasteiger partial charge in [-0.3, -0.25) is 4.79 Å². The first kappa shape index (κ1) is 15.3. The van der Waals surface area contributed by atoms with Gasteiger partial charge in [-0.25, -0.2) is 0 Å². The van der Waals surface area contributed by atoms with Crippen molar-refractivity contribution >= 4 is 11.6 Å². The smallest absolute Gasteiger partial charge is 0.251 e. The first-order chi connectivity index (χ1) is 10.7. The lowest BCUT2D eigenvalue weighted by atomic mass is 9.97. The molecule has 1 amide bonds. The average Bonchev–Trinajstić information content (AvgIpc) is 2.56. The molecular weight excluding hydrogens is 274 g/mol. The highest BCUT2D eigenvalue weighted by atomic mass is 16.1. The van der Waals surface area contributed by atoms with Crippen LogP contribution in [0, 0.1) is 5.92 Å². The minimum atomic E-state index is 0.0749. The van der Waals surface area contributed by atoms with Crippen LogP contribution in [-0.2, 0) is 6.42 Å². The summed E-state index contributed by atoms with van der Waals surface area (Å²) in [6, 6.07) is 5.99. The molecule has 0 aromatic heterocycles. The van der Waals surface area contributed by atoms with E-state index in [2.05, 4.69) is 28.5 Å². The van der Waals surface area contributed by atoms with Crippen molar-refractivity contribution in [3.63, 3.8) is 0 Å². The second-order valence-corrected chi connectivity index (χ2v) is 6.64. The van der Waals surface area contributed by atoms with Crippen molar-refractivity contribution < 1.29 is 4.79 Å². The first-order valence-corrected chi connectivity index (χ1v) is 8.60. The van der Waals surface area contributed by atoms with Crippen molar-refractivity contribution in [2.75, 3.05) is 38.0 Å². The number of hydrogen-bond donors (Lipinski definition) is 2. The largest absolute Gasteiger partial charge is 0.385 e. The molecule has 2 aliphatic rings. The Bertz CT molecular complexity index is 521. The third kappa shape index (κ3) is 3.61. The van der Waals surface area contributed by atoms with Crippen molar-refractivity contribution in [2.24, 2.45) is 5.92 Å². The molecule has 4 nitrogen and oxygen atoms in total. The molecule has 22 heavy (non-hydrogen) atoms. The summed E-state index contributed by atoms with van der Waals surface area (Å²) in [5, 5.41) is 6.48. The van der Waals surface area contributed by atoms with Gasteiger partial charge in [0.25, 0.3) is 5.91 Å². The standard InChI is InChI=1S/C18H27N3O/c1-14-7-11-21(12-8-14)13-10-20-18(22)16-4-2-6-17-15(16)5-3-9-19-17/h2,4,6,14,19H,3,5,7-13H2,1H3,(H,20,22). The second-order valence-electron chi connectivity index (χ2n) is 6.64. The minimum absolute atomic E-state index is 0.0749. The molecule has 0 spiro atoms. The molecule has 1 saturated heterocycles. The zero-order valence-electron chi connectivity index (χ0n) is 13.5. The first-order valence-electron chi connectivity index (χ1n) is 8.60. The molecule has 2 aliphatic heterocycles. The number of nitrogens with zero attached hydrogens (tertiary/aromatic N) is 1. The number of nitrogens with one attached hydrogen (secondary N) is 2. The quantitative estimate of drug-likeness (QED) is 0.898. The minimum Gasteiger partial charge on any atom is -0.385 e. The van der Waals surface area contributed by atoms with Crippen LogP contribution in [0.15, 0.2) is 18.2 Å². The molecule has 2 N–H and O–H groups in total. The molecular formula is C18H27N3O. The van der Waals surface area contributed by atoms with E-state index in [1.54, 1.807) is 0 Å². The Kier molecular flexibility index (Phi) is 4.98. The van der Waals surface area contributed by atoms with Gasteiger partial charge in [0.2, 0.25) is 0 Å². The normalized spacial score (nSPS) is 19.3. The van der Waals surface area contributed by atoms with Gasteiger partial charge in [0.05, 0.1) is 0 Å². The number of benzene rings is 1. The summed E-state index contributed by atoms with van der Waals surface area (Å²) in [5.74, 6) is 0.931. The van der Waals surface area contributed by atoms with E-state index in [0.29, 0.717) is 0 Å². The van der Waals surface area contributed by atoms with E-state index in [1.165, 1.54) is 31.5 Å². The summed E-state index contributed by atoms with van der Waals surface area (Å²) >= 11 is 0. The number of fused-ring (bicyclic) bond motifs is 1. The Morgan fingerprint density at radius 2 is 2.18 bits per heavy atom. The molecule has 120 valence electrons. The number of anilines is 1. The van der Waals surface area contributed by atoms with Crippen molar-refractivity contribution in [2.45, 2.75) is 32.6 Å². The Hall–Kier alpha value is -1.55. The molecule has 3 rings (SSSR count). The molecule has 0 atom stereocenters. The predicted molar refractivity (Wildman–Crippen MR) is 90.4 cm³/mol. The Morgan fingerprint density at radius 1 is 1.36 bits per heavy atom. The molecule has 0 unspecified atom stereocenters. The molecule has 2 heterocycles. The van der Waals surface area contributed by atoms with Gasteiger partial charge in [-0.05, 0) is 62.4 Å². The van der Waals surface area contributed by atoms with E-state index in [1.807, 2.05) is 12.1 Å². The fourth-order valence-electron chi connectivity index (χ4n) is 3.43. The van der Waals surface area contributed by atoms with E-state index in [0.717, 1.165) is 49.6 Å². The molecule has 0 bridgehead atoms. The van der Waals surface area contributed by atoms with Gasteiger partial charge in [0.15, 0.2) is 0 Å². The second kappa shape index (κ2) is 7.14. The van der Waals surface area contributed by atoms with Crippen LogP contribution in [-0.4, -0.2) is 43.5 Å². The summed E-state index contributed by atoms with van der Waals surface area (Å²) < 4.78 is 0. The van der Waals surface area contributed by atoms with Crippen LogP contribution < -0.4 is 10.6 Å². The number of likely N-dealkylation sites (tertiary alicyclic amines) is 1. The fraction of sp³-hybridized carbons (Fsp3) is 0.611. The molecule has 1 aromatic carbocycles. The van der Waals surface area contributed by atoms with E-state index in [4.69, 9.17) is 0 Å². The highest BCUT2D eigenvalue weighted by Gasteiger charge is 2.18. The molecule has 1 aromatic rings. The zero-order chi connectivity index (χ0) is 15.4. The van der Waals surface area contributed by atoms with Crippen LogP contribution >= 0.6 is 0 Å². The monoisotopic (exact) mass is 301 g/mol. The van der Waals surface area contributed by atoms with E-state index in [-0.39, 0.29) is 5.91 Å². The van der Waals surface area contributed by atoms with Crippen LogP contribution in [0.4, 0.5) is 5.69 Å². The maximum absolute atomic E-state index is 12.5. The number of rotatable bonds is 4. The Labute approximate surface area is 133 Å². The molecule has 4 heteroatoms. The van der Waals surface area contributed by atoms with E-state index < -0.39 is 0 Å². The molecule has 0 aliphatic carbocycles. The average molecular weight is 301 g/mol. The van der Waals surface area contributed by atoms with Gasteiger partial charge in [0.1, 0.15) is 0 Å². The van der Waals surface area contributed by atoms with Gasteiger partial charge in [-0.1, -0.05) is 13.0 Å². The summed E-state index contributed by atoms with van der Waals surface area (Å²) in [6.45, 7) is 7.37. The number of amides is 1. The summed E-state index contributed by atoms with van der Waals surface area (Å²) in [5.41, 5.74) is 3.15. The van der Waals surface area contributed by atoms with E-state index >= 15 is 0 Å². The summed E-state index contributed by atoms with van der Waals surface area (Å²) in [7, 11) is 0. The lowest BCUT2D eigenvalue weighted by molar-refractivity contribution is 0.0943. The lowest BCUT2D eigenvalue weighted by Crippen LogP contribution is -2.39. The highest BCUT2D eigenvalue weighted by molar-refractivity contribution is 5.97. The molecule has 1 fully saturated rings. The topological polar surface area (TPSA) is 44.4 Å². The fourth-order valence-corrected chi connectivity index (χ4v) is 3.43. The zero-order valence-corrected chi connectivity index (χ0v) is 13.5. The van der Waals surface area contributed by atoms with Gasteiger partial charge in [0, 0.05) is 30.9 Å². The number of carbonyl (C=O) groups is 1. The van der Waals surface area contributed by atoms with Crippen LogP contribution in [0.5, 0.6) is 0 Å². The van der Waals surface area contributed by atoms with Crippen molar-refractivity contribution in [1.29, 1.82) is 0 Å². The third-order valence-electron chi connectivity index (χ3n) is 4.93. The molecule has 0 radical (unpaired) electrons. The van der Waals surface area contributed by atoms with Gasteiger partial charge < -0.3 is 15.5 Å².